The molecule has 2 atom stereocenters. The van der Waals surface area contributed by atoms with Gasteiger partial charge in [0.05, 0.1) is 18.9 Å². The van der Waals surface area contributed by atoms with Gasteiger partial charge >= 0.3 is 5.97 Å². The van der Waals surface area contributed by atoms with Gasteiger partial charge in [0.1, 0.15) is 6.04 Å². The lowest BCUT2D eigenvalue weighted by Crippen LogP contribution is -2.60. The van der Waals surface area contributed by atoms with Gasteiger partial charge in [-0.15, -0.1) is 0 Å². The Balaban J connectivity index is 2.00. The van der Waals surface area contributed by atoms with Crippen molar-refractivity contribution in [2.45, 2.75) is 59.4 Å². The zero-order valence-electron chi connectivity index (χ0n) is 19.6. The molecule has 1 fully saturated rings. The number of carbonyl (C=O) groups is 3. The van der Waals surface area contributed by atoms with Gasteiger partial charge in [0.2, 0.25) is 11.8 Å². The molecule has 7 nitrogen and oxygen atoms in total. The maximum absolute atomic E-state index is 12.8. The van der Waals surface area contributed by atoms with Crippen LogP contribution in [0.4, 0.5) is 0 Å². The Morgan fingerprint density at radius 3 is 2.41 bits per heavy atom. The number of amides is 2. The van der Waals surface area contributed by atoms with Gasteiger partial charge < -0.3 is 20.3 Å². The average Bonchev–Trinajstić information content (AvgIpc) is 2.73. The monoisotopic (exact) mass is 461 g/mol. The summed E-state index contributed by atoms with van der Waals surface area (Å²) in [5, 5.41) is 5.65. The Morgan fingerprint density at radius 2 is 1.81 bits per heavy atom. The van der Waals surface area contributed by atoms with Gasteiger partial charge in [-0.1, -0.05) is 52.0 Å². The summed E-state index contributed by atoms with van der Waals surface area (Å²) >= 11 is 5.44. The number of nitrogens with one attached hydrogen (secondary N) is 2. The molecule has 1 aliphatic heterocycles. The topological polar surface area (TPSA) is 87.7 Å². The van der Waals surface area contributed by atoms with Gasteiger partial charge in [-0.2, -0.15) is 0 Å². The highest BCUT2D eigenvalue weighted by atomic mass is 32.1. The van der Waals surface area contributed by atoms with Crippen LogP contribution < -0.4 is 10.6 Å². The summed E-state index contributed by atoms with van der Waals surface area (Å²) in [5.74, 6) is -0.654. The lowest BCUT2D eigenvalue weighted by Gasteiger charge is -2.36. The standard InChI is InChI=1S/C24H35N3O4S/c1-15(2)12-18-6-8-19(9-7-18)17(5)22(29)26-24(32)27-11-10-25-23(30)20(27)13-21(28)31-14-16(3)4/h6-9,15-17,20H,10-14H2,1-5H3,(H,25,30)(H,26,29,32). The highest BCUT2D eigenvalue weighted by Crippen LogP contribution is 2.18. The van der Waals surface area contributed by atoms with Crippen molar-refractivity contribution in [3.8, 4) is 0 Å². The van der Waals surface area contributed by atoms with Crippen molar-refractivity contribution in [1.82, 2.24) is 15.5 Å². The van der Waals surface area contributed by atoms with Crippen LogP contribution in [0.3, 0.4) is 0 Å². The third-order valence-electron chi connectivity index (χ3n) is 5.28. The molecule has 176 valence electrons. The van der Waals surface area contributed by atoms with Crippen molar-refractivity contribution in [3.63, 3.8) is 0 Å². The molecule has 1 aromatic rings. The van der Waals surface area contributed by atoms with E-state index in [-0.39, 0.29) is 29.3 Å². The van der Waals surface area contributed by atoms with Gasteiger partial charge in [0.25, 0.3) is 0 Å². The molecule has 2 rings (SSSR count). The maximum atomic E-state index is 12.8. The van der Waals surface area contributed by atoms with E-state index < -0.39 is 17.9 Å². The summed E-state index contributed by atoms with van der Waals surface area (Å²) in [6.07, 6.45) is 0.865. The minimum atomic E-state index is -0.804. The van der Waals surface area contributed by atoms with Crippen LogP contribution in [0.5, 0.6) is 0 Å². The fourth-order valence-electron chi connectivity index (χ4n) is 3.49. The van der Waals surface area contributed by atoms with Crippen molar-refractivity contribution in [1.29, 1.82) is 0 Å². The Bertz CT molecular complexity index is 823. The second kappa shape index (κ2) is 11.9. The molecule has 0 bridgehead atoms. The minimum Gasteiger partial charge on any atom is -0.465 e. The van der Waals surface area contributed by atoms with Crippen LogP contribution in [-0.4, -0.2) is 53.5 Å². The van der Waals surface area contributed by atoms with E-state index in [1.54, 1.807) is 4.90 Å². The second-order valence-electron chi connectivity index (χ2n) is 9.14. The Labute approximate surface area is 196 Å². The summed E-state index contributed by atoms with van der Waals surface area (Å²) in [6, 6.07) is 7.22. The first-order valence-electron chi connectivity index (χ1n) is 11.2. The Morgan fingerprint density at radius 1 is 1.16 bits per heavy atom. The van der Waals surface area contributed by atoms with Crippen molar-refractivity contribution in [2.24, 2.45) is 11.8 Å². The molecular weight excluding hydrogens is 426 g/mol. The van der Waals surface area contributed by atoms with Crippen LogP contribution in [0, 0.1) is 11.8 Å². The van der Waals surface area contributed by atoms with Gasteiger partial charge in [-0.3, -0.25) is 14.4 Å². The number of carbonyl (C=O) groups excluding carboxylic acids is 3. The lowest BCUT2D eigenvalue weighted by molar-refractivity contribution is -0.148. The first-order valence-corrected chi connectivity index (χ1v) is 11.6. The molecule has 2 unspecified atom stereocenters. The average molecular weight is 462 g/mol. The van der Waals surface area contributed by atoms with E-state index in [1.807, 2.05) is 45.0 Å². The van der Waals surface area contributed by atoms with E-state index in [9.17, 15) is 14.4 Å². The molecule has 32 heavy (non-hydrogen) atoms. The van der Waals surface area contributed by atoms with Gasteiger partial charge in [-0.25, -0.2) is 0 Å². The molecule has 1 aromatic carbocycles. The Kier molecular flexibility index (Phi) is 9.62. The van der Waals surface area contributed by atoms with Gasteiger partial charge in [-0.05, 0) is 48.5 Å². The summed E-state index contributed by atoms with van der Waals surface area (Å²) in [5.41, 5.74) is 2.13. The van der Waals surface area contributed by atoms with Crippen molar-refractivity contribution < 1.29 is 19.1 Å². The zero-order chi connectivity index (χ0) is 23.8. The molecule has 2 amide bonds. The fraction of sp³-hybridized carbons (Fsp3) is 0.583. The number of hydrogen-bond acceptors (Lipinski definition) is 5. The minimum absolute atomic E-state index is 0.124. The third kappa shape index (κ3) is 7.58. The molecule has 1 aliphatic rings. The van der Waals surface area contributed by atoms with Crippen molar-refractivity contribution >= 4 is 35.1 Å². The first kappa shape index (κ1) is 25.8. The smallest absolute Gasteiger partial charge is 0.308 e. The van der Waals surface area contributed by atoms with Crippen LogP contribution in [0.1, 0.15) is 58.1 Å². The SMILES string of the molecule is CC(C)COC(=O)CC1C(=O)NCCN1C(=S)NC(=O)C(C)c1ccc(CC(C)C)cc1. The van der Waals surface area contributed by atoms with Gasteiger partial charge in [0.15, 0.2) is 5.11 Å². The van der Waals surface area contributed by atoms with Crippen molar-refractivity contribution in [3.05, 3.63) is 35.4 Å². The fourth-order valence-corrected chi connectivity index (χ4v) is 3.81. The normalized spacial score (nSPS) is 17.2. The third-order valence-corrected chi connectivity index (χ3v) is 5.61. The predicted octanol–water partition coefficient (Wildman–Crippen LogP) is 2.78. The number of benzene rings is 1. The van der Waals surface area contributed by atoms with Crippen LogP contribution in [0.15, 0.2) is 24.3 Å². The van der Waals surface area contributed by atoms with E-state index in [0.717, 1.165) is 12.0 Å². The molecule has 0 spiro atoms. The number of hydrogen-bond donors (Lipinski definition) is 2. The van der Waals surface area contributed by atoms with Crippen molar-refractivity contribution in [2.75, 3.05) is 19.7 Å². The summed E-state index contributed by atoms with van der Waals surface area (Å²) in [4.78, 5) is 39.0. The van der Waals surface area contributed by atoms with E-state index in [4.69, 9.17) is 17.0 Å². The summed E-state index contributed by atoms with van der Waals surface area (Å²) in [7, 11) is 0. The highest BCUT2D eigenvalue weighted by molar-refractivity contribution is 7.80. The van der Waals surface area contributed by atoms with Crippen LogP contribution >= 0.6 is 12.2 Å². The number of thiocarbonyl (C=S) groups is 1. The van der Waals surface area contributed by atoms with E-state index in [0.29, 0.717) is 25.6 Å². The molecular formula is C24H35N3O4S. The molecule has 0 aromatic heterocycles. The predicted molar refractivity (Wildman–Crippen MR) is 128 cm³/mol. The lowest BCUT2D eigenvalue weighted by atomic mass is 9.96. The zero-order valence-corrected chi connectivity index (χ0v) is 20.5. The molecule has 1 heterocycles. The van der Waals surface area contributed by atoms with Crippen LogP contribution in [0.25, 0.3) is 0 Å². The molecule has 0 aliphatic carbocycles. The van der Waals surface area contributed by atoms with Gasteiger partial charge in [0, 0.05) is 13.1 Å². The summed E-state index contributed by atoms with van der Waals surface area (Å²) < 4.78 is 5.22. The number of piperazine rings is 1. The van der Waals surface area contributed by atoms with E-state index in [1.165, 1.54) is 5.56 Å². The maximum Gasteiger partial charge on any atom is 0.308 e. The first-order chi connectivity index (χ1) is 15.1. The number of esters is 1. The quantitative estimate of drug-likeness (QED) is 0.457. The molecule has 8 heteroatoms. The van der Waals surface area contributed by atoms with Crippen LogP contribution in [-0.2, 0) is 25.5 Å². The highest BCUT2D eigenvalue weighted by Gasteiger charge is 2.34. The summed E-state index contributed by atoms with van der Waals surface area (Å²) in [6.45, 7) is 11.1. The molecule has 0 radical (unpaired) electrons. The second-order valence-corrected chi connectivity index (χ2v) is 9.52. The molecule has 2 N–H and O–H groups in total. The van der Waals surface area contributed by atoms with E-state index in [2.05, 4.69) is 24.5 Å². The largest absolute Gasteiger partial charge is 0.465 e. The Hall–Kier alpha value is -2.48. The molecule has 0 saturated carbocycles. The van der Waals surface area contributed by atoms with E-state index >= 15 is 0 Å². The molecule has 1 saturated heterocycles. The number of ether oxygens (including phenoxy) is 1. The number of rotatable bonds is 8. The number of nitrogens with zero attached hydrogens (tertiary/aromatic N) is 1. The van der Waals surface area contributed by atoms with Crippen LogP contribution in [0.2, 0.25) is 0 Å².